The lowest BCUT2D eigenvalue weighted by atomic mass is 10.1. The Morgan fingerprint density at radius 3 is 2.29 bits per heavy atom. The van der Waals surface area contributed by atoms with E-state index in [0.29, 0.717) is 17.4 Å². The lowest BCUT2D eigenvalue weighted by molar-refractivity contribution is -0.137. The molecule has 4 rings (SSSR count). The summed E-state index contributed by atoms with van der Waals surface area (Å²) in [5.41, 5.74) is -0.503. The molecule has 0 aliphatic heterocycles. The van der Waals surface area contributed by atoms with Gasteiger partial charge in [-0.3, -0.25) is 9.52 Å². The second kappa shape index (κ2) is 7.59. The van der Waals surface area contributed by atoms with Gasteiger partial charge in [0.05, 0.1) is 15.8 Å². The SMILES string of the molecule is O=c1cc(-c2ccccc2)oc2ccc(NS(=O)(=O)c3cccc(C(F)(F)F)c3)cc12. The highest BCUT2D eigenvalue weighted by Crippen LogP contribution is 2.31. The molecule has 0 aliphatic carbocycles. The predicted molar refractivity (Wildman–Crippen MR) is 110 cm³/mol. The van der Waals surface area contributed by atoms with Crippen molar-refractivity contribution >= 4 is 26.7 Å². The largest absolute Gasteiger partial charge is 0.456 e. The van der Waals surface area contributed by atoms with E-state index in [2.05, 4.69) is 4.72 Å². The molecule has 1 heterocycles. The zero-order valence-corrected chi connectivity index (χ0v) is 16.5. The normalized spacial score (nSPS) is 12.1. The van der Waals surface area contributed by atoms with Gasteiger partial charge in [0.1, 0.15) is 11.3 Å². The number of nitrogens with one attached hydrogen (secondary N) is 1. The molecular formula is C22H14F3NO4S. The van der Waals surface area contributed by atoms with Gasteiger partial charge in [0.15, 0.2) is 5.43 Å². The van der Waals surface area contributed by atoms with Crippen LogP contribution >= 0.6 is 0 Å². The van der Waals surface area contributed by atoms with Crippen LogP contribution < -0.4 is 10.2 Å². The van der Waals surface area contributed by atoms with Gasteiger partial charge in [0, 0.05) is 17.3 Å². The fraction of sp³-hybridized carbons (Fsp3) is 0.0455. The lowest BCUT2D eigenvalue weighted by Gasteiger charge is -2.11. The third kappa shape index (κ3) is 4.31. The number of halogens is 3. The molecular weight excluding hydrogens is 431 g/mol. The van der Waals surface area contributed by atoms with E-state index in [1.165, 1.54) is 24.3 Å². The second-order valence-corrected chi connectivity index (χ2v) is 8.37. The van der Waals surface area contributed by atoms with Gasteiger partial charge in [-0.15, -0.1) is 0 Å². The summed E-state index contributed by atoms with van der Waals surface area (Å²) >= 11 is 0. The summed E-state index contributed by atoms with van der Waals surface area (Å²) in [6, 6.07) is 17.7. The van der Waals surface area contributed by atoms with Crippen molar-refractivity contribution in [1.29, 1.82) is 0 Å². The Kier molecular flexibility index (Phi) is 5.06. The maximum atomic E-state index is 12.9. The fourth-order valence-electron chi connectivity index (χ4n) is 3.02. The Morgan fingerprint density at radius 1 is 0.839 bits per heavy atom. The second-order valence-electron chi connectivity index (χ2n) is 6.68. The molecule has 1 N–H and O–H groups in total. The summed E-state index contributed by atoms with van der Waals surface area (Å²) in [5, 5.41) is 0.129. The van der Waals surface area contributed by atoms with E-state index in [1.807, 2.05) is 6.07 Å². The molecule has 5 nitrogen and oxygen atoms in total. The summed E-state index contributed by atoms with van der Waals surface area (Å²) in [6.45, 7) is 0. The number of rotatable bonds is 4. The summed E-state index contributed by atoms with van der Waals surface area (Å²) in [6.07, 6.45) is -4.68. The van der Waals surface area contributed by atoms with Crippen molar-refractivity contribution in [3.05, 3.63) is 94.6 Å². The van der Waals surface area contributed by atoms with Crippen LogP contribution in [-0.4, -0.2) is 8.42 Å². The molecule has 0 amide bonds. The molecule has 9 heteroatoms. The molecule has 3 aromatic carbocycles. The van der Waals surface area contributed by atoms with Gasteiger partial charge in [-0.05, 0) is 36.4 Å². The first-order valence-corrected chi connectivity index (χ1v) is 10.5. The first-order valence-electron chi connectivity index (χ1n) is 8.97. The number of alkyl halides is 3. The molecule has 0 spiro atoms. The monoisotopic (exact) mass is 445 g/mol. The van der Waals surface area contributed by atoms with E-state index >= 15 is 0 Å². The molecule has 0 fully saturated rings. The average molecular weight is 445 g/mol. The summed E-state index contributed by atoms with van der Waals surface area (Å²) in [5.74, 6) is 0.357. The van der Waals surface area contributed by atoms with Gasteiger partial charge in [0.2, 0.25) is 0 Å². The van der Waals surface area contributed by atoms with Crippen LogP contribution in [0, 0.1) is 0 Å². The highest BCUT2D eigenvalue weighted by Gasteiger charge is 2.31. The van der Waals surface area contributed by atoms with Crippen LogP contribution in [0.4, 0.5) is 18.9 Å². The molecule has 0 bridgehead atoms. The van der Waals surface area contributed by atoms with E-state index in [9.17, 15) is 26.4 Å². The van der Waals surface area contributed by atoms with E-state index in [1.54, 1.807) is 24.3 Å². The van der Waals surface area contributed by atoms with Crippen LogP contribution in [0.2, 0.25) is 0 Å². The van der Waals surface area contributed by atoms with Crippen molar-refractivity contribution in [3.63, 3.8) is 0 Å². The molecule has 0 radical (unpaired) electrons. The Balaban J connectivity index is 1.69. The van der Waals surface area contributed by atoms with Gasteiger partial charge in [-0.2, -0.15) is 13.2 Å². The minimum absolute atomic E-state index is 0.0182. The molecule has 0 atom stereocenters. The molecule has 158 valence electrons. The molecule has 0 aliphatic rings. The van der Waals surface area contributed by atoms with Crippen LogP contribution in [0.25, 0.3) is 22.3 Å². The van der Waals surface area contributed by atoms with E-state index < -0.39 is 26.7 Å². The first-order chi connectivity index (χ1) is 14.6. The van der Waals surface area contributed by atoms with Crippen molar-refractivity contribution < 1.29 is 26.0 Å². The van der Waals surface area contributed by atoms with E-state index in [4.69, 9.17) is 4.42 Å². The number of sulfonamides is 1. The van der Waals surface area contributed by atoms with E-state index in [-0.39, 0.29) is 22.1 Å². The summed E-state index contributed by atoms with van der Waals surface area (Å²) in [7, 11) is -4.31. The van der Waals surface area contributed by atoms with Crippen LogP contribution in [0.5, 0.6) is 0 Å². The zero-order chi connectivity index (χ0) is 22.2. The van der Waals surface area contributed by atoms with Gasteiger partial charge < -0.3 is 4.42 Å². The Morgan fingerprint density at radius 2 is 1.58 bits per heavy atom. The number of fused-ring (bicyclic) bond motifs is 1. The molecule has 31 heavy (non-hydrogen) atoms. The Hall–Kier alpha value is -3.59. The van der Waals surface area contributed by atoms with Crippen LogP contribution in [0.15, 0.2) is 93.0 Å². The molecule has 0 saturated heterocycles. The number of hydrogen-bond acceptors (Lipinski definition) is 4. The highest BCUT2D eigenvalue weighted by molar-refractivity contribution is 7.92. The lowest BCUT2D eigenvalue weighted by Crippen LogP contribution is -2.15. The number of hydrogen-bond donors (Lipinski definition) is 1. The average Bonchev–Trinajstić information content (AvgIpc) is 2.74. The first kappa shape index (κ1) is 20.7. The number of benzene rings is 3. The topological polar surface area (TPSA) is 76.4 Å². The zero-order valence-electron chi connectivity index (χ0n) is 15.7. The van der Waals surface area contributed by atoms with Crippen LogP contribution in [0.1, 0.15) is 5.56 Å². The van der Waals surface area contributed by atoms with Gasteiger partial charge >= 0.3 is 6.18 Å². The van der Waals surface area contributed by atoms with Gasteiger partial charge in [-0.1, -0.05) is 36.4 Å². The highest BCUT2D eigenvalue weighted by atomic mass is 32.2. The van der Waals surface area contributed by atoms with Gasteiger partial charge in [0.25, 0.3) is 10.0 Å². The Labute approximate surface area is 174 Å². The van der Waals surface area contributed by atoms with Crippen molar-refractivity contribution in [2.45, 2.75) is 11.1 Å². The third-order valence-corrected chi connectivity index (χ3v) is 5.89. The van der Waals surface area contributed by atoms with Crippen molar-refractivity contribution in [2.24, 2.45) is 0 Å². The molecule has 1 aromatic heterocycles. The van der Waals surface area contributed by atoms with E-state index in [0.717, 1.165) is 18.2 Å². The predicted octanol–water partition coefficient (Wildman–Crippen LogP) is 5.28. The van der Waals surface area contributed by atoms with Crippen LogP contribution in [0.3, 0.4) is 0 Å². The van der Waals surface area contributed by atoms with Crippen molar-refractivity contribution in [2.75, 3.05) is 4.72 Å². The maximum Gasteiger partial charge on any atom is 0.416 e. The third-order valence-electron chi connectivity index (χ3n) is 4.51. The minimum atomic E-state index is -4.68. The minimum Gasteiger partial charge on any atom is -0.456 e. The summed E-state index contributed by atoms with van der Waals surface area (Å²) < 4.78 is 71.8. The molecule has 0 unspecified atom stereocenters. The number of anilines is 1. The summed E-state index contributed by atoms with van der Waals surface area (Å²) in [4.78, 5) is 12.0. The molecule has 0 saturated carbocycles. The van der Waals surface area contributed by atoms with Crippen molar-refractivity contribution in [3.8, 4) is 11.3 Å². The van der Waals surface area contributed by atoms with Crippen molar-refractivity contribution in [1.82, 2.24) is 0 Å². The van der Waals surface area contributed by atoms with Gasteiger partial charge in [-0.25, -0.2) is 8.42 Å². The van der Waals surface area contributed by atoms with Crippen LogP contribution in [-0.2, 0) is 16.2 Å². The smallest absolute Gasteiger partial charge is 0.416 e. The standard InChI is InChI=1S/C22H14F3NO4S/c23-22(24,25)15-7-4-8-17(11-15)31(28,29)26-16-9-10-20-18(12-16)19(27)13-21(30-20)14-5-2-1-3-6-14/h1-13,26H. The maximum absolute atomic E-state index is 12.9. The fourth-order valence-corrected chi connectivity index (χ4v) is 4.11. The Bertz CT molecular complexity index is 1430. The molecule has 4 aromatic rings. The quantitative estimate of drug-likeness (QED) is 0.464.